The van der Waals surface area contributed by atoms with Gasteiger partial charge >= 0.3 is 0 Å². The van der Waals surface area contributed by atoms with E-state index in [4.69, 9.17) is 5.73 Å². The number of aliphatic hydroxyl groups is 1. The summed E-state index contributed by atoms with van der Waals surface area (Å²) in [6.45, 7) is 1.87. The van der Waals surface area contributed by atoms with Crippen molar-refractivity contribution in [3.8, 4) is 0 Å². The van der Waals surface area contributed by atoms with Gasteiger partial charge in [0.2, 0.25) is 0 Å². The number of anilines is 1. The molecular formula is C13H20N2O. The Balaban J connectivity index is 2.26. The summed E-state index contributed by atoms with van der Waals surface area (Å²) in [4.78, 5) is 4.07. The summed E-state index contributed by atoms with van der Waals surface area (Å²) in [7, 11) is 0. The van der Waals surface area contributed by atoms with Crippen LogP contribution in [0.5, 0.6) is 0 Å². The van der Waals surface area contributed by atoms with E-state index in [1.165, 1.54) is 19.3 Å². The molecule has 88 valence electrons. The molecule has 0 aliphatic heterocycles. The molecule has 0 radical (unpaired) electrons. The first kappa shape index (κ1) is 11.4. The quantitative estimate of drug-likeness (QED) is 0.804. The van der Waals surface area contributed by atoms with Gasteiger partial charge in [-0.15, -0.1) is 0 Å². The van der Waals surface area contributed by atoms with Crippen LogP contribution >= 0.6 is 0 Å². The van der Waals surface area contributed by atoms with Gasteiger partial charge in [-0.1, -0.05) is 19.3 Å². The summed E-state index contributed by atoms with van der Waals surface area (Å²) in [5.41, 5.74) is 6.50. The smallest absolute Gasteiger partial charge is 0.0931 e. The fourth-order valence-electron chi connectivity index (χ4n) is 2.71. The van der Waals surface area contributed by atoms with Gasteiger partial charge in [0.25, 0.3) is 0 Å². The van der Waals surface area contributed by atoms with Gasteiger partial charge in [-0.3, -0.25) is 4.98 Å². The number of hydrogen-bond donors (Lipinski definition) is 2. The first-order valence-corrected chi connectivity index (χ1v) is 6.04. The third kappa shape index (κ3) is 2.05. The second kappa shape index (κ2) is 4.42. The number of nitrogens with two attached hydrogens (primary N) is 1. The van der Waals surface area contributed by atoms with E-state index in [0.717, 1.165) is 18.4 Å². The molecule has 0 spiro atoms. The van der Waals surface area contributed by atoms with Gasteiger partial charge in [0.05, 0.1) is 5.60 Å². The Hall–Kier alpha value is -1.09. The lowest BCUT2D eigenvalue weighted by Gasteiger charge is -2.36. The molecule has 1 aromatic rings. The van der Waals surface area contributed by atoms with E-state index in [1.54, 1.807) is 18.5 Å². The van der Waals surface area contributed by atoms with Crippen LogP contribution in [-0.2, 0) is 5.60 Å². The van der Waals surface area contributed by atoms with Crippen LogP contribution in [0.4, 0.5) is 5.69 Å². The van der Waals surface area contributed by atoms with Crippen LogP contribution in [0.25, 0.3) is 0 Å². The fraction of sp³-hybridized carbons (Fsp3) is 0.615. The van der Waals surface area contributed by atoms with Crippen LogP contribution in [0.1, 0.15) is 44.6 Å². The van der Waals surface area contributed by atoms with E-state index < -0.39 is 5.60 Å². The maximum atomic E-state index is 10.7. The summed E-state index contributed by atoms with van der Waals surface area (Å²) < 4.78 is 0. The summed E-state index contributed by atoms with van der Waals surface area (Å²) >= 11 is 0. The molecule has 2 rings (SSSR count). The highest BCUT2D eigenvalue weighted by atomic mass is 16.3. The van der Waals surface area contributed by atoms with Gasteiger partial charge in [0, 0.05) is 23.6 Å². The van der Waals surface area contributed by atoms with Gasteiger partial charge in [-0.2, -0.15) is 0 Å². The van der Waals surface area contributed by atoms with Crippen LogP contribution in [0.15, 0.2) is 18.5 Å². The monoisotopic (exact) mass is 220 g/mol. The maximum Gasteiger partial charge on any atom is 0.0931 e. The van der Waals surface area contributed by atoms with Gasteiger partial charge in [0.1, 0.15) is 0 Å². The number of pyridine rings is 1. The zero-order valence-electron chi connectivity index (χ0n) is 9.82. The van der Waals surface area contributed by atoms with Crippen LogP contribution in [0.3, 0.4) is 0 Å². The van der Waals surface area contributed by atoms with E-state index in [-0.39, 0.29) is 0 Å². The van der Waals surface area contributed by atoms with E-state index in [0.29, 0.717) is 11.6 Å². The molecule has 0 aromatic carbocycles. The Bertz CT molecular complexity index is 357. The predicted octanol–water partition coefficient (Wildman–Crippen LogP) is 2.45. The van der Waals surface area contributed by atoms with Crippen molar-refractivity contribution in [2.75, 3.05) is 5.73 Å². The number of rotatable bonds is 2. The Labute approximate surface area is 96.7 Å². The molecule has 3 N–H and O–H groups in total. The summed E-state index contributed by atoms with van der Waals surface area (Å²) in [6.07, 6.45) is 9.24. The summed E-state index contributed by atoms with van der Waals surface area (Å²) in [5, 5.41) is 10.7. The van der Waals surface area contributed by atoms with E-state index in [2.05, 4.69) is 4.98 Å². The minimum Gasteiger partial charge on any atom is -0.398 e. The van der Waals surface area contributed by atoms with Gasteiger partial charge in [-0.05, 0) is 31.7 Å². The van der Waals surface area contributed by atoms with Crippen molar-refractivity contribution in [3.63, 3.8) is 0 Å². The first-order valence-electron chi connectivity index (χ1n) is 6.04. The molecule has 1 aliphatic carbocycles. The maximum absolute atomic E-state index is 10.7. The van der Waals surface area contributed by atoms with Crippen molar-refractivity contribution < 1.29 is 5.11 Å². The van der Waals surface area contributed by atoms with Crippen LogP contribution in [0.2, 0.25) is 0 Å². The zero-order chi connectivity index (χ0) is 11.6. The first-order chi connectivity index (χ1) is 7.62. The van der Waals surface area contributed by atoms with Crippen molar-refractivity contribution in [2.24, 2.45) is 5.92 Å². The topological polar surface area (TPSA) is 59.1 Å². The summed E-state index contributed by atoms with van der Waals surface area (Å²) in [6, 6.07) is 1.76. The summed E-state index contributed by atoms with van der Waals surface area (Å²) in [5.74, 6) is 0.313. The normalized spacial score (nSPS) is 21.6. The molecule has 0 amide bonds. The number of nitrogens with zero attached hydrogens (tertiary/aromatic N) is 1. The van der Waals surface area contributed by atoms with Gasteiger partial charge in [-0.25, -0.2) is 0 Å². The van der Waals surface area contributed by atoms with Crippen LogP contribution in [0, 0.1) is 5.92 Å². The van der Waals surface area contributed by atoms with Gasteiger partial charge < -0.3 is 10.8 Å². The molecule has 1 aliphatic rings. The third-order valence-corrected chi connectivity index (χ3v) is 3.80. The molecule has 1 saturated carbocycles. The molecule has 1 aromatic heterocycles. The van der Waals surface area contributed by atoms with Crippen molar-refractivity contribution in [1.82, 2.24) is 4.98 Å². The van der Waals surface area contributed by atoms with E-state index in [1.807, 2.05) is 6.92 Å². The third-order valence-electron chi connectivity index (χ3n) is 3.80. The van der Waals surface area contributed by atoms with Crippen LogP contribution in [-0.4, -0.2) is 10.1 Å². The zero-order valence-corrected chi connectivity index (χ0v) is 9.82. The lowest BCUT2D eigenvalue weighted by molar-refractivity contribution is -0.0211. The fourth-order valence-corrected chi connectivity index (χ4v) is 2.71. The Morgan fingerprint density at radius 2 is 2.06 bits per heavy atom. The molecular weight excluding hydrogens is 200 g/mol. The highest BCUT2D eigenvalue weighted by molar-refractivity contribution is 5.47. The minimum absolute atomic E-state index is 0.313. The number of aromatic nitrogens is 1. The predicted molar refractivity (Wildman–Crippen MR) is 64.8 cm³/mol. The van der Waals surface area contributed by atoms with Crippen molar-refractivity contribution in [1.29, 1.82) is 0 Å². The van der Waals surface area contributed by atoms with Gasteiger partial charge in [0.15, 0.2) is 0 Å². The molecule has 1 fully saturated rings. The van der Waals surface area contributed by atoms with E-state index in [9.17, 15) is 5.11 Å². The van der Waals surface area contributed by atoms with Crippen LogP contribution < -0.4 is 5.73 Å². The number of hydrogen-bond acceptors (Lipinski definition) is 3. The standard InChI is InChI=1S/C13H20N2O/c1-13(16,10-5-3-2-4-6-10)11-9-15-8-7-12(11)14/h7-10,16H,2-6H2,1H3,(H2,14,15). The minimum atomic E-state index is -0.835. The molecule has 3 nitrogen and oxygen atoms in total. The molecule has 1 atom stereocenters. The molecule has 16 heavy (non-hydrogen) atoms. The Morgan fingerprint density at radius 1 is 1.38 bits per heavy atom. The van der Waals surface area contributed by atoms with Crippen molar-refractivity contribution in [2.45, 2.75) is 44.6 Å². The highest BCUT2D eigenvalue weighted by Gasteiger charge is 2.35. The molecule has 1 heterocycles. The lowest BCUT2D eigenvalue weighted by atomic mass is 9.74. The molecule has 1 unspecified atom stereocenters. The van der Waals surface area contributed by atoms with Crippen molar-refractivity contribution in [3.05, 3.63) is 24.0 Å². The highest BCUT2D eigenvalue weighted by Crippen LogP contribution is 2.40. The Kier molecular flexibility index (Phi) is 3.15. The second-order valence-electron chi connectivity index (χ2n) is 4.95. The largest absolute Gasteiger partial charge is 0.398 e. The average Bonchev–Trinajstić information content (AvgIpc) is 2.30. The molecule has 0 saturated heterocycles. The van der Waals surface area contributed by atoms with Crippen molar-refractivity contribution >= 4 is 5.69 Å². The Morgan fingerprint density at radius 3 is 2.69 bits per heavy atom. The molecule has 3 heteroatoms. The SMILES string of the molecule is CC(O)(c1cnccc1N)C1CCCCC1. The molecule has 0 bridgehead atoms. The average molecular weight is 220 g/mol. The number of nitrogen functional groups attached to an aromatic ring is 1. The lowest BCUT2D eigenvalue weighted by Crippen LogP contribution is -2.34. The second-order valence-corrected chi connectivity index (χ2v) is 4.95. The van der Waals surface area contributed by atoms with E-state index >= 15 is 0 Å².